The minimum Gasteiger partial charge on any atom is -0.0879 e. The Balaban J connectivity index is 2.32. The SMILES string of the molecule is Cc1cc(C)c(P=C=Cc2ccccc2)c(C)c1. The van der Waals surface area contributed by atoms with Crippen LogP contribution in [0.3, 0.4) is 0 Å². The maximum absolute atomic E-state index is 3.37. The Morgan fingerprint density at radius 2 is 1.56 bits per heavy atom. The average Bonchev–Trinajstić information content (AvgIpc) is 2.34. The molecule has 0 saturated carbocycles. The molecule has 2 rings (SSSR count). The van der Waals surface area contributed by atoms with Gasteiger partial charge in [0.05, 0.1) is 0 Å². The first-order chi connectivity index (χ1) is 8.66. The molecule has 0 N–H and O–H groups in total. The normalized spacial score (nSPS) is 10.2. The first kappa shape index (κ1) is 12.8. The van der Waals surface area contributed by atoms with Gasteiger partial charge in [0.1, 0.15) is 0 Å². The smallest absolute Gasteiger partial charge is 0.0155 e. The van der Waals surface area contributed by atoms with Crippen LogP contribution < -0.4 is 5.30 Å². The quantitative estimate of drug-likeness (QED) is 0.699. The first-order valence-electron chi connectivity index (χ1n) is 6.09. The lowest BCUT2D eigenvalue weighted by molar-refractivity contribution is 1.36. The lowest BCUT2D eigenvalue weighted by atomic mass is 10.1. The number of hydrogen-bond donors (Lipinski definition) is 0. The monoisotopic (exact) mass is 252 g/mol. The van der Waals surface area contributed by atoms with Crippen LogP contribution in [0.15, 0.2) is 42.5 Å². The number of rotatable bonds is 2. The highest BCUT2D eigenvalue weighted by atomic mass is 31.1. The van der Waals surface area contributed by atoms with Crippen molar-refractivity contribution in [2.24, 2.45) is 0 Å². The molecule has 0 radical (unpaired) electrons. The molecule has 0 bridgehead atoms. The molecule has 0 spiro atoms. The molecule has 0 aliphatic rings. The van der Waals surface area contributed by atoms with E-state index in [1.54, 1.807) is 0 Å². The maximum Gasteiger partial charge on any atom is 0.0155 e. The molecule has 0 nitrogen and oxygen atoms in total. The molecule has 0 unspecified atom stereocenters. The number of benzene rings is 2. The molecule has 0 amide bonds. The van der Waals surface area contributed by atoms with Gasteiger partial charge in [-0.15, -0.1) is 0 Å². The van der Waals surface area contributed by atoms with E-state index in [-0.39, 0.29) is 0 Å². The molecule has 2 aromatic carbocycles. The summed E-state index contributed by atoms with van der Waals surface area (Å²) in [5.41, 5.74) is 8.60. The highest BCUT2D eigenvalue weighted by Gasteiger charge is 1.99. The molecule has 0 atom stereocenters. The molecule has 1 heteroatoms. The van der Waals surface area contributed by atoms with E-state index < -0.39 is 0 Å². The minimum absolute atomic E-state index is 1.15. The Bertz CT molecular complexity index is 580. The van der Waals surface area contributed by atoms with E-state index in [1.165, 1.54) is 27.6 Å². The minimum atomic E-state index is 1.15. The Morgan fingerprint density at radius 1 is 0.944 bits per heavy atom. The second-order valence-electron chi connectivity index (χ2n) is 4.54. The molecule has 2 aromatic rings. The zero-order valence-electron chi connectivity index (χ0n) is 11.1. The summed E-state index contributed by atoms with van der Waals surface area (Å²) in [5.74, 6) is 0. The van der Waals surface area contributed by atoms with E-state index in [4.69, 9.17) is 0 Å². The second-order valence-corrected chi connectivity index (χ2v) is 5.47. The summed E-state index contributed by atoms with van der Waals surface area (Å²) < 4.78 is 0. The lowest BCUT2D eigenvalue weighted by Crippen LogP contribution is -2.03. The zero-order valence-corrected chi connectivity index (χ0v) is 12.0. The average molecular weight is 252 g/mol. The molecular formula is C17H17P. The van der Waals surface area contributed by atoms with Gasteiger partial charge in [0.2, 0.25) is 0 Å². The van der Waals surface area contributed by atoms with Crippen molar-refractivity contribution in [1.29, 1.82) is 0 Å². The van der Waals surface area contributed by atoms with Crippen LogP contribution in [0.1, 0.15) is 22.3 Å². The molecule has 18 heavy (non-hydrogen) atoms. The fourth-order valence-electron chi connectivity index (χ4n) is 2.07. The third-order valence-electron chi connectivity index (χ3n) is 2.84. The van der Waals surface area contributed by atoms with Crippen molar-refractivity contribution in [3.8, 4) is 0 Å². The first-order valence-corrected chi connectivity index (χ1v) is 6.98. The van der Waals surface area contributed by atoms with Crippen molar-refractivity contribution in [2.75, 3.05) is 0 Å². The molecule has 0 saturated heterocycles. The predicted molar refractivity (Wildman–Crippen MR) is 83.1 cm³/mol. The summed E-state index contributed by atoms with van der Waals surface area (Å²) in [6.07, 6.45) is 2.06. The summed E-state index contributed by atoms with van der Waals surface area (Å²) in [7, 11) is 1.15. The van der Waals surface area contributed by atoms with E-state index in [0.29, 0.717) is 0 Å². The Morgan fingerprint density at radius 3 is 2.17 bits per heavy atom. The second kappa shape index (κ2) is 5.83. The zero-order chi connectivity index (χ0) is 13.0. The molecule has 0 heterocycles. The third-order valence-corrected chi connectivity index (χ3v) is 4.03. The summed E-state index contributed by atoms with van der Waals surface area (Å²) in [5, 5.41) is 1.37. The lowest BCUT2D eigenvalue weighted by Gasteiger charge is -2.04. The van der Waals surface area contributed by atoms with Gasteiger partial charge >= 0.3 is 0 Å². The van der Waals surface area contributed by atoms with Gasteiger partial charge in [0, 0.05) is 5.30 Å². The Labute approximate surface area is 111 Å². The van der Waals surface area contributed by atoms with Gasteiger partial charge in [-0.2, -0.15) is 0 Å². The van der Waals surface area contributed by atoms with Crippen molar-refractivity contribution in [2.45, 2.75) is 20.8 Å². The molecular weight excluding hydrogens is 235 g/mol. The van der Waals surface area contributed by atoms with E-state index in [1.807, 2.05) is 18.2 Å². The van der Waals surface area contributed by atoms with Gasteiger partial charge in [-0.05, 0) is 51.7 Å². The van der Waals surface area contributed by atoms with Crippen molar-refractivity contribution in [3.05, 3.63) is 64.7 Å². The van der Waals surface area contributed by atoms with E-state index >= 15 is 0 Å². The van der Waals surface area contributed by atoms with Crippen LogP contribution in [-0.4, -0.2) is 5.45 Å². The largest absolute Gasteiger partial charge is 0.0879 e. The van der Waals surface area contributed by atoms with Crippen molar-refractivity contribution in [3.63, 3.8) is 0 Å². The van der Waals surface area contributed by atoms with Gasteiger partial charge in [-0.25, -0.2) is 0 Å². The summed E-state index contributed by atoms with van der Waals surface area (Å²) in [6, 6.07) is 14.8. The van der Waals surface area contributed by atoms with Crippen LogP contribution in [0.5, 0.6) is 0 Å². The maximum atomic E-state index is 3.37. The van der Waals surface area contributed by atoms with Crippen molar-refractivity contribution < 1.29 is 0 Å². The molecule has 0 aromatic heterocycles. The predicted octanol–water partition coefficient (Wildman–Crippen LogP) is 4.30. The molecule has 0 aliphatic heterocycles. The summed E-state index contributed by atoms with van der Waals surface area (Å²) >= 11 is 0. The Hall–Kier alpha value is -1.61. The van der Waals surface area contributed by atoms with Crippen LogP contribution in [0.25, 0.3) is 6.08 Å². The van der Waals surface area contributed by atoms with Gasteiger partial charge < -0.3 is 0 Å². The standard InChI is InChI=1S/C17H17P/c1-13-11-14(2)17(15(3)12-13)18-10-9-16-7-5-4-6-8-16/h4-9,11-12H,1-3H3. The highest BCUT2D eigenvalue weighted by Crippen LogP contribution is 2.11. The highest BCUT2D eigenvalue weighted by molar-refractivity contribution is 7.47. The fourth-order valence-corrected chi connectivity index (χ4v) is 2.89. The fraction of sp³-hybridized carbons (Fsp3) is 0.176. The van der Waals surface area contributed by atoms with E-state index in [9.17, 15) is 0 Å². The van der Waals surface area contributed by atoms with Gasteiger partial charge in [-0.1, -0.05) is 53.5 Å². The van der Waals surface area contributed by atoms with Crippen LogP contribution in [0, 0.1) is 20.8 Å². The van der Waals surface area contributed by atoms with Crippen molar-refractivity contribution >= 4 is 25.0 Å². The van der Waals surface area contributed by atoms with Crippen LogP contribution >= 0.6 is 8.20 Å². The number of hydrogen-bond acceptors (Lipinski definition) is 0. The van der Waals surface area contributed by atoms with Gasteiger partial charge in [0.25, 0.3) is 0 Å². The Kier molecular flexibility index (Phi) is 4.15. The molecule has 90 valence electrons. The molecule has 0 fully saturated rings. The topological polar surface area (TPSA) is 0 Å². The third kappa shape index (κ3) is 3.20. The number of aryl methyl sites for hydroxylation is 3. The van der Waals surface area contributed by atoms with E-state index in [0.717, 1.165) is 8.20 Å². The van der Waals surface area contributed by atoms with Gasteiger partial charge in [-0.3, -0.25) is 0 Å². The summed E-state index contributed by atoms with van der Waals surface area (Å²) in [6.45, 7) is 6.49. The van der Waals surface area contributed by atoms with Crippen LogP contribution in [0.4, 0.5) is 0 Å². The van der Waals surface area contributed by atoms with Crippen LogP contribution in [-0.2, 0) is 0 Å². The van der Waals surface area contributed by atoms with Crippen molar-refractivity contribution in [1.82, 2.24) is 0 Å². The van der Waals surface area contributed by atoms with E-state index in [2.05, 4.69) is 56.6 Å². The van der Waals surface area contributed by atoms with Crippen LogP contribution in [0.2, 0.25) is 0 Å². The summed E-state index contributed by atoms with van der Waals surface area (Å²) in [4.78, 5) is 0. The molecule has 0 aliphatic carbocycles. The van der Waals surface area contributed by atoms with Gasteiger partial charge in [0.15, 0.2) is 0 Å².